The number of ether oxygens (including phenoxy) is 2. The van der Waals surface area contributed by atoms with E-state index in [0.29, 0.717) is 23.5 Å². The fraction of sp³-hybridized carbons (Fsp3) is 0.438. The van der Waals surface area contributed by atoms with Gasteiger partial charge in [0, 0.05) is 6.04 Å². The van der Waals surface area contributed by atoms with Crippen LogP contribution in [0.2, 0.25) is 0 Å². The Balaban J connectivity index is 1.69. The summed E-state index contributed by atoms with van der Waals surface area (Å²) in [6.45, 7) is 1.27. The number of para-hydroxylation sites is 1. The predicted octanol–water partition coefficient (Wildman–Crippen LogP) is 1.34. The second-order valence-electron chi connectivity index (χ2n) is 5.30. The summed E-state index contributed by atoms with van der Waals surface area (Å²) >= 11 is 0. The molecule has 0 aliphatic heterocycles. The lowest BCUT2D eigenvalue weighted by Crippen LogP contribution is -2.37. The molecule has 0 bridgehead atoms. The summed E-state index contributed by atoms with van der Waals surface area (Å²) in [7, 11) is 0. The van der Waals surface area contributed by atoms with Crippen LogP contribution in [-0.2, 0) is 14.3 Å². The van der Waals surface area contributed by atoms with Crippen molar-refractivity contribution in [2.45, 2.75) is 25.8 Å². The molecule has 1 saturated carbocycles. The Morgan fingerprint density at radius 2 is 2.05 bits per heavy atom. The van der Waals surface area contributed by atoms with Crippen LogP contribution in [-0.4, -0.2) is 37.4 Å². The van der Waals surface area contributed by atoms with Crippen molar-refractivity contribution in [3.63, 3.8) is 0 Å². The Bertz CT molecular complexity index is 553. The molecule has 1 amide bonds. The van der Waals surface area contributed by atoms with Crippen molar-refractivity contribution in [2.75, 3.05) is 13.2 Å². The van der Waals surface area contributed by atoms with Crippen molar-refractivity contribution in [2.24, 2.45) is 5.92 Å². The van der Waals surface area contributed by atoms with Crippen LogP contribution in [0.25, 0.3) is 0 Å². The van der Waals surface area contributed by atoms with Gasteiger partial charge in [0.2, 0.25) is 0 Å². The molecular formula is C16H19NO5. The van der Waals surface area contributed by atoms with E-state index in [2.05, 4.69) is 5.32 Å². The van der Waals surface area contributed by atoms with E-state index in [-0.39, 0.29) is 25.2 Å². The van der Waals surface area contributed by atoms with E-state index in [4.69, 9.17) is 9.47 Å². The molecule has 22 heavy (non-hydrogen) atoms. The highest BCUT2D eigenvalue weighted by atomic mass is 16.6. The van der Waals surface area contributed by atoms with Crippen LogP contribution < -0.4 is 10.1 Å². The van der Waals surface area contributed by atoms with Gasteiger partial charge in [0.05, 0.1) is 5.56 Å². The number of carbonyl (C=O) groups excluding carboxylic acids is 3. The Labute approximate surface area is 128 Å². The fourth-order valence-electron chi connectivity index (χ4n) is 2.04. The third kappa shape index (κ3) is 4.87. The first-order chi connectivity index (χ1) is 10.6. The van der Waals surface area contributed by atoms with Gasteiger partial charge in [-0.3, -0.25) is 9.59 Å². The highest BCUT2D eigenvalue weighted by molar-refractivity contribution is 5.82. The lowest BCUT2D eigenvalue weighted by Gasteiger charge is -2.13. The first-order valence-corrected chi connectivity index (χ1v) is 7.22. The third-order valence-electron chi connectivity index (χ3n) is 3.47. The van der Waals surface area contributed by atoms with Gasteiger partial charge in [0.1, 0.15) is 5.75 Å². The number of benzene rings is 1. The van der Waals surface area contributed by atoms with Crippen LogP contribution in [0, 0.1) is 5.92 Å². The molecule has 0 heterocycles. The zero-order valence-corrected chi connectivity index (χ0v) is 12.4. The fourth-order valence-corrected chi connectivity index (χ4v) is 2.04. The van der Waals surface area contributed by atoms with E-state index in [9.17, 15) is 14.4 Å². The predicted molar refractivity (Wildman–Crippen MR) is 78.6 cm³/mol. The van der Waals surface area contributed by atoms with Crippen molar-refractivity contribution in [1.29, 1.82) is 0 Å². The molecule has 6 nitrogen and oxygen atoms in total. The number of amides is 1. The molecule has 1 aromatic rings. The van der Waals surface area contributed by atoms with Crippen molar-refractivity contribution < 1.29 is 23.9 Å². The first-order valence-electron chi connectivity index (χ1n) is 7.22. The van der Waals surface area contributed by atoms with Gasteiger partial charge in [-0.15, -0.1) is 0 Å². The van der Waals surface area contributed by atoms with Gasteiger partial charge >= 0.3 is 5.97 Å². The smallest absolute Gasteiger partial charge is 0.344 e. The first kappa shape index (κ1) is 16.0. The van der Waals surface area contributed by atoms with Crippen molar-refractivity contribution in [3.05, 3.63) is 29.8 Å². The van der Waals surface area contributed by atoms with Crippen molar-refractivity contribution >= 4 is 18.2 Å². The summed E-state index contributed by atoms with van der Waals surface area (Å²) in [4.78, 5) is 33.9. The van der Waals surface area contributed by atoms with Gasteiger partial charge < -0.3 is 14.8 Å². The zero-order valence-electron chi connectivity index (χ0n) is 12.4. The maximum absolute atomic E-state index is 11.6. The van der Waals surface area contributed by atoms with Crippen LogP contribution in [0.1, 0.15) is 30.1 Å². The molecular weight excluding hydrogens is 286 g/mol. The second-order valence-corrected chi connectivity index (χ2v) is 5.30. The molecule has 1 N–H and O–H groups in total. The molecule has 0 aromatic heterocycles. The van der Waals surface area contributed by atoms with Gasteiger partial charge in [-0.05, 0) is 37.8 Å². The molecule has 0 spiro atoms. The Morgan fingerprint density at radius 3 is 2.73 bits per heavy atom. The average Bonchev–Trinajstić information content (AvgIpc) is 3.36. The van der Waals surface area contributed by atoms with E-state index >= 15 is 0 Å². The molecule has 1 aliphatic carbocycles. The second kappa shape index (κ2) is 7.59. The molecule has 2 rings (SSSR count). The number of esters is 1. The van der Waals surface area contributed by atoms with Gasteiger partial charge in [-0.25, -0.2) is 4.79 Å². The number of aldehydes is 1. The van der Waals surface area contributed by atoms with Crippen LogP contribution in [0.4, 0.5) is 0 Å². The minimum Gasteiger partial charge on any atom is -0.481 e. The lowest BCUT2D eigenvalue weighted by molar-refractivity contribution is -0.150. The lowest BCUT2D eigenvalue weighted by atomic mass is 10.2. The van der Waals surface area contributed by atoms with Crippen molar-refractivity contribution in [3.8, 4) is 5.75 Å². The summed E-state index contributed by atoms with van der Waals surface area (Å²) in [6.07, 6.45) is 2.91. The summed E-state index contributed by atoms with van der Waals surface area (Å²) in [6, 6.07) is 6.67. The van der Waals surface area contributed by atoms with E-state index in [1.165, 1.54) is 0 Å². The zero-order chi connectivity index (χ0) is 15.9. The molecule has 118 valence electrons. The Hall–Kier alpha value is -2.37. The number of hydrogen-bond donors (Lipinski definition) is 1. The van der Waals surface area contributed by atoms with Crippen molar-refractivity contribution in [1.82, 2.24) is 5.32 Å². The maximum atomic E-state index is 11.6. The van der Waals surface area contributed by atoms with Crippen LogP contribution >= 0.6 is 0 Å². The summed E-state index contributed by atoms with van der Waals surface area (Å²) < 4.78 is 10.0. The standard InChI is InChI=1S/C16H19NO5/c1-11(12-6-7-12)17-15(19)9-22-16(20)10-21-14-5-3-2-4-13(14)8-18/h2-5,8,11-12H,6-7,9-10H2,1H3,(H,17,19)/t11-/m0/s1. The third-order valence-corrected chi connectivity index (χ3v) is 3.47. The number of rotatable bonds is 8. The molecule has 1 atom stereocenters. The summed E-state index contributed by atoms with van der Waals surface area (Å²) in [5.74, 6) is -0.125. The number of carbonyl (C=O) groups is 3. The van der Waals surface area contributed by atoms with E-state index in [0.717, 1.165) is 12.8 Å². The Morgan fingerprint density at radius 1 is 1.32 bits per heavy atom. The Kier molecular flexibility index (Phi) is 5.52. The quantitative estimate of drug-likeness (QED) is 0.579. The highest BCUT2D eigenvalue weighted by Gasteiger charge is 2.28. The number of hydrogen-bond acceptors (Lipinski definition) is 5. The molecule has 1 aromatic carbocycles. The number of nitrogens with one attached hydrogen (secondary N) is 1. The van der Waals surface area contributed by atoms with E-state index in [1.54, 1.807) is 24.3 Å². The molecule has 0 saturated heterocycles. The largest absolute Gasteiger partial charge is 0.481 e. The van der Waals surface area contributed by atoms with Gasteiger partial charge in [0.15, 0.2) is 19.5 Å². The van der Waals surface area contributed by atoms with E-state index in [1.807, 2.05) is 6.92 Å². The molecule has 0 unspecified atom stereocenters. The monoisotopic (exact) mass is 305 g/mol. The van der Waals surface area contributed by atoms with Crippen LogP contribution in [0.3, 0.4) is 0 Å². The van der Waals surface area contributed by atoms with Gasteiger partial charge in [0.25, 0.3) is 5.91 Å². The van der Waals surface area contributed by atoms with Gasteiger partial charge in [-0.2, -0.15) is 0 Å². The molecule has 1 fully saturated rings. The molecule has 6 heteroatoms. The van der Waals surface area contributed by atoms with Crippen LogP contribution in [0.5, 0.6) is 5.75 Å². The minimum absolute atomic E-state index is 0.113. The SMILES string of the molecule is C[C@H](NC(=O)COC(=O)COc1ccccc1C=O)C1CC1. The van der Waals surface area contributed by atoms with Gasteiger partial charge in [-0.1, -0.05) is 12.1 Å². The highest BCUT2D eigenvalue weighted by Crippen LogP contribution is 2.32. The molecule has 0 radical (unpaired) electrons. The van der Waals surface area contributed by atoms with E-state index < -0.39 is 5.97 Å². The summed E-state index contributed by atoms with van der Waals surface area (Å²) in [5.41, 5.74) is 0.353. The normalized spacial score (nSPS) is 14.8. The maximum Gasteiger partial charge on any atom is 0.344 e. The summed E-state index contributed by atoms with van der Waals surface area (Å²) in [5, 5.41) is 2.79. The molecule has 1 aliphatic rings. The topological polar surface area (TPSA) is 81.7 Å². The van der Waals surface area contributed by atoms with Crippen LogP contribution in [0.15, 0.2) is 24.3 Å². The minimum atomic E-state index is -0.657. The average molecular weight is 305 g/mol.